The highest BCUT2D eigenvalue weighted by Gasteiger charge is 2.25. The third kappa shape index (κ3) is 5.45. The maximum absolute atomic E-state index is 12.7. The highest BCUT2D eigenvalue weighted by Crippen LogP contribution is 2.17. The van der Waals surface area contributed by atoms with Crippen molar-refractivity contribution in [1.82, 2.24) is 9.62 Å². The number of nitrogens with one attached hydrogen (secondary N) is 1. The van der Waals surface area contributed by atoms with Gasteiger partial charge in [-0.15, -0.1) is 12.4 Å². The molecule has 3 rings (SSSR count). The van der Waals surface area contributed by atoms with Crippen LogP contribution < -0.4 is 11.1 Å². The van der Waals surface area contributed by atoms with E-state index in [9.17, 15) is 13.2 Å². The van der Waals surface area contributed by atoms with Crippen LogP contribution in [0.4, 0.5) is 5.69 Å². The topological polar surface area (TPSA) is 102 Å². The molecule has 7 nitrogen and oxygen atoms in total. The zero-order chi connectivity index (χ0) is 19.3. The Bertz CT molecular complexity index is 915. The number of carbonyl (C=O) groups is 1. The quantitative estimate of drug-likeness (QED) is 0.687. The molecule has 1 heterocycles. The van der Waals surface area contributed by atoms with E-state index in [0.717, 1.165) is 5.56 Å². The van der Waals surface area contributed by atoms with Gasteiger partial charge in [0, 0.05) is 25.3 Å². The first-order valence-electron chi connectivity index (χ1n) is 8.72. The molecule has 1 saturated heterocycles. The molecule has 1 fully saturated rings. The SMILES string of the molecule is Cl.Nc1ccccc1C(=O)NCc1ccccc1CS(=O)(=O)N1CCOCC1. The number of hydrogen-bond acceptors (Lipinski definition) is 5. The van der Waals surface area contributed by atoms with Gasteiger partial charge in [-0.25, -0.2) is 8.42 Å². The number of amides is 1. The molecule has 28 heavy (non-hydrogen) atoms. The van der Waals surface area contributed by atoms with Crippen molar-refractivity contribution in [3.8, 4) is 0 Å². The summed E-state index contributed by atoms with van der Waals surface area (Å²) in [6, 6.07) is 14.0. The van der Waals surface area contributed by atoms with Crippen molar-refractivity contribution >= 4 is 34.0 Å². The lowest BCUT2D eigenvalue weighted by Crippen LogP contribution is -2.41. The Kier molecular flexibility index (Phi) is 7.82. The van der Waals surface area contributed by atoms with Gasteiger partial charge in [0.2, 0.25) is 10.0 Å². The fraction of sp³-hybridized carbons (Fsp3) is 0.316. The lowest BCUT2D eigenvalue weighted by atomic mass is 10.1. The summed E-state index contributed by atoms with van der Waals surface area (Å²) in [4.78, 5) is 12.4. The van der Waals surface area contributed by atoms with Crippen LogP contribution >= 0.6 is 12.4 Å². The van der Waals surface area contributed by atoms with Crippen LogP contribution in [0.3, 0.4) is 0 Å². The standard InChI is InChI=1S/C19H23N3O4S.ClH/c20-18-8-4-3-7-17(18)19(23)21-13-15-5-1-2-6-16(15)14-27(24,25)22-9-11-26-12-10-22;/h1-8H,9-14,20H2,(H,21,23);1H. The number of nitrogen functional groups attached to an aromatic ring is 1. The molecular weight excluding hydrogens is 402 g/mol. The molecule has 3 N–H and O–H groups in total. The average molecular weight is 426 g/mol. The normalized spacial score (nSPS) is 14.9. The van der Waals surface area contributed by atoms with E-state index < -0.39 is 10.0 Å². The molecule has 2 aromatic rings. The van der Waals surface area contributed by atoms with Crippen molar-refractivity contribution < 1.29 is 17.9 Å². The van der Waals surface area contributed by atoms with E-state index in [1.807, 2.05) is 12.1 Å². The number of sulfonamides is 1. The Morgan fingerprint density at radius 3 is 2.32 bits per heavy atom. The number of hydrogen-bond donors (Lipinski definition) is 2. The number of rotatable bonds is 6. The number of ether oxygens (including phenoxy) is 1. The molecule has 0 radical (unpaired) electrons. The number of benzene rings is 2. The summed E-state index contributed by atoms with van der Waals surface area (Å²) >= 11 is 0. The number of morpholine rings is 1. The summed E-state index contributed by atoms with van der Waals surface area (Å²) in [5.41, 5.74) is 8.06. The highest BCUT2D eigenvalue weighted by molar-refractivity contribution is 7.88. The number of halogens is 1. The van der Waals surface area contributed by atoms with Gasteiger partial charge in [-0.05, 0) is 23.3 Å². The summed E-state index contributed by atoms with van der Waals surface area (Å²) in [5.74, 6) is -0.397. The summed E-state index contributed by atoms with van der Waals surface area (Å²) in [7, 11) is -3.44. The third-order valence-electron chi connectivity index (χ3n) is 4.46. The van der Waals surface area contributed by atoms with E-state index in [1.54, 1.807) is 36.4 Å². The minimum atomic E-state index is -3.44. The van der Waals surface area contributed by atoms with E-state index >= 15 is 0 Å². The molecule has 1 aliphatic heterocycles. The molecule has 0 saturated carbocycles. The van der Waals surface area contributed by atoms with E-state index in [4.69, 9.17) is 10.5 Å². The molecule has 152 valence electrons. The van der Waals surface area contributed by atoms with Crippen molar-refractivity contribution in [2.24, 2.45) is 0 Å². The predicted molar refractivity (Wildman–Crippen MR) is 111 cm³/mol. The van der Waals surface area contributed by atoms with Gasteiger partial charge in [0.1, 0.15) is 0 Å². The molecule has 1 aliphatic rings. The molecule has 0 atom stereocenters. The van der Waals surface area contributed by atoms with Gasteiger partial charge in [-0.1, -0.05) is 36.4 Å². The first-order valence-corrected chi connectivity index (χ1v) is 10.3. The van der Waals surface area contributed by atoms with Crippen LogP contribution in [0.25, 0.3) is 0 Å². The minimum absolute atomic E-state index is 0. The van der Waals surface area contributed by atoms with Crippen molar-refractivity contribution in [3.05, 3.63) is 65.2 Å². The van der Waals surface area contributed by atoms with Crippen LogP contribution in [0.5, 0.6) is 0 Å². The van der Waals surface area contributed by atoms with Crippen LogP contribution in [-0.4, -0.2) is 44.9 Å². The number of nitrogens with zero attached hydrogens (tertiary/aromatic N) is 1. The maximum Gasteiger partial charge on any atom is 0.253 e. The van der Waals surface area contributed by atoms with Crippen molar-refractivity contribution in [3.63, 3.8) is 0 Å². The van der Waals surface area contributed by atoms with Gasteiger partial charge in [-0.3, -0.25) is 4.79 Å². The lowest BCUT2D eigenvalue weighted by molar-refractivity contribution is 0.0729. The van der Waals surface area contributed by atoms with Gasteiger partial charge < -0.3 is 15.8 Å². The number of para-hydroxylation sites is 1. The number of carbonyl (C=O) groups excluding carboxylic acids is 1. The molecule has 1 amide bonds. The Morgan fingerprint density at radius 1 is 1.04 bits per heavy atom. The van der Waals surface area contributed by atoms with E-state index in [-0.39, 0.29) is 30.6 Å². The van der Waals surface area contributed by atoms with Crippen LogP contribution in [0, 0.1) is 0 Å². The predicted octanol–water partition coefficient (Wildman–Crippen LogP) is 1.78. The van der Waals surface area contributed by atoms with Gasteiger partial charge in [0.05, 0.1) is 24.5 Å². The highest BCUT2D eigenvalue weighted by atomic mass is 35.5. The van der Waals surface area contributed by atoms with E-state index in [1.165, 1.54) is 4.31 Å². The third-order valence-corrected chi connectivity index (χ3v) is 6.29. The van der Waals surface area contributed by atoms with Crippen molar-refractivity contribution in [2.45, 2.75) is 12.3 Å². The maximum atomic E-state index is 12.7. The van der Waals surface area contributed by atoms with E-state index in [0.29, 0.717) is 43.1 Å². The number of nitrogens with two attached hydrogens (primary N) is 1. The molecule has 9 heteroatoms. The van der Waals surface area contributed by atoms with Gasteiger partial charge in [-0.2, -0.15) is 4.31 Å². The second kappa shape index (κ2) is 9.88. The second-order valence-corrected chi connectivity index (χ2v) is 8.28. The molecule has 0 spiro atoms. The van der Waals surface area contributed by atoms with Crippen LogP contribution in [-0.2, 0) is 27.1 Å². The fourth-order valence-electron chi connectivity index (χ4n) is 2.96. The first kappa shape index (κ1) is 22.2. The Balaban J connectivity index is 0.00000280. The van der Waals surface area contributed by atoms with Crippen LogP contribution in [0.15, 0.2) is 48.5 Å². The number of anilines is 1. The van der Waals surface area contributed by atoms with Crippen molar-refractivity contribution in [1.29, 1.82) is 0 Å². The van der Waals surface area contributed by atoms with Gasteiger partial charge in [0.25, 0.3) is 5.91 Å². The summed E-state index contributed by atoms with van der Waals surface area (Å²) in [6.07, 6.45) is 0. The zero-order valence-electron chi connectivity index (χ0n) is 15.3. The fourth-order valence-corrected chi connectivity index (χ4v) is 4.52. The van der Waals surface area contributed by atoms with E-state index in [2.05, 4.69) is 5.32 Å². The summed E-state index contributed by atoms with van der Waals surface area (Å²) in [6.45, 7) is 1.79. The monoisotopic (exact) mass is 425 g/mol. The van der Waals surface area contributed by atoms with Crippen LogP contribution in [0.1, 0.15) is 21.5 Å². The smallest absolute Gasteiger partial charge is 0.253 e. The average Bonchev–Trinajstić information content (AvgIpc) is 2.68. The molecule has 2 aromatic carbocycles. The first-order chi connectivity index (χ1) is 13.0. The van der Waals surface area contributed by atoms with Crippen LogP contribution in [0.2, 0.25) is 0 Å². The lowest BCUT2D eigenvalue weighted by Gasteiger charge is -2.26. The van der Waals surface area contributed by atoms with Crippen molar-refractivity contribution in [2.75, 3.05) is 32.0 Å². The van der Waals surface area contributed by atoms with Gasteiger partial charge in [0.15, 0.2) is 0 Å². The second-order valence-electron chi connectivity index (χ2n) is 6.31. The zero-order valence-corrected chi connectivity index (χ0v) is 17.0. The molecule has 0 unspecified atom stereocenters. The molecular formula is C19H24ClN3O4S. The van der Waals surface area contributed by atoms with Gasteiger partial charge >= 0.3 is 0 Å². The minimum Gasteiger partial charge on any atom is -0.398 e. The Hall–Kier alpha value is -2.13. The summed E-state index contributed by atoms with van der Waals surface area (Å²) in [5, 5.41) is 2.81. The molecule has 0 aliphatic carbocycles. The largest absolute Gasteiger partial charge is 0.398 e. The Labute approximate surface area is 171 Å². The molecule has 0 aromatic heterocycles. The summed E-state index contributed by atoms with van der Waals surface area (Å²) < 4.78 is 32.0. The molecule has 0 bridgehead atoms. The Morgan fingerprint density at radius 2 is 1.64 bits per heavy atom.